The Balaban J connectivity index is 1.88. The second kappa shape index (κ2) is 7.95. The first-order chi connectivity index (χ1) is 13.4. The van der Waals surface area contributed by atoms with Crippen molar-refractivity contribution in [3.8, 4) is 0 Å². The number of rotatable bonds is 6. The third-order valence-corrected chi connectivity index (χ3v) is 3.44. The Hall–Kier alpha value is -4.28. The number of carboxylic acid groups (broad SMARTS) is 1. The highest BCUT2D eigenvalue weighted by Gasteiger charge is 2.18. The molecule has 0 aliphatic carbocycles. The van der Waals surface area contributed by atoms with Gasteiger partial charge >= 0.3 is 11.8 Å². The summed E-state index contributed by atoms with van der Waals surface area (Å²) in [5, 5.41) is 27.8. The van der Waals surface area contributed by atoms with Crippen LogP contribution in [0.4, 0.5) is 43.7 Å². The fourth-order valence-electron chi connectivity index (χ4n) is 2.26. The lowest BCUT2D eigenvalue weighted by atomic mass is 10.2. The van der Waals surface area contributed by atoms with Gasteiger partial charge in [0.1, 0.15) is 12.0 Å². The van der Waals surface area contributed by atoms with Crippen LogP contribution >= 0.6 is 0 Å². The minimum Gasteiger partial charge on any atom is -0.465 e. The van der Waals surface area contributed by atoms with Gasteiger partial charge in [0.2, 0.25) is 11.8 Å². The predicted octanol–water partition coefficient (Wildman–Crippen LogP) is 4.10. The van der Waals surface area contributed by atoms with E-state index in [9.17, 15) is 19.3 Å². The van der Waals surface area contributed by atoms with Gasteiger partial charge in [0.05, 0.1) is 4.92 Å². The highest BCUT2D eigenvalue weighted by atomic mass is 19.1. The maximum absolute atomic E-state index is 13.0. The average molecular weight is 384 g/mol. The smallest absolute Gasteiger partial charge is 0.409 e. The van der Waals surface area contributed by atoms with Crippen LogP contribution in [0.25, 0.3) is 0 Å². The molecule has 4 N–H and O–H groups in total. The SMILES string of the molecule is O=C(O)Nc1cccc(Nc2nc(Nc3ccc(F)cc3)ncc2[N+](=O)[O-])c1. The maximum atomic E-state index is 13.0. The van der Waals surface area contributed by atoms with Crippen LogP contribution < -0.4 is 16.0 Å². The monoisotopic (exact) mass is 384 g/mol. The van der Waals surface area contributed by atoms with Crippen molar-refractivity contribution in [3.63, 3.8) is 0 Å². The average Bonchev–Trinajstić information content (AvgIpc) is 2.63. The van der Waals surface area contributed by atoms with Crippen LogP contribution in [0.1, 0.15) is 0 Å². The number of carbonyl (C=O) groups is 1. The highest BCUT2D eigenvalue weighted by Crippen LogP contribution is 2.27. The second-order valence-electron chi connectivity index (χ2n) is 5.45. The van der Waals surface area contributed by atoms with E-state index < -0.39 is 16.8 Å². The van der Waals surface area contributed by atoms with E-state index in [2.05, 4.69) is 25.9 Å². The molecule has 28 heavy (non-hydrogen) atoms. The molecule has 0 spiro atoms. The zero-order chi connectivity index (χ0) is 20.1. The molecule has 1 amide bonds. The summed E-state index contributed by atoms with van der Waals surface area (Å²) in [5.41, 5.74) is 0.773. The Morgan fingerprint density at radius 3 is 2.46 bits per heavy atom. The van der Waals surface area contributed by atoms with E-state index in [1.807, 2.05) is 0 Å². The molecule has 11 heteroatoms. The molecule has 142 valence electrons. The normalized spacial score (nSPS) is 10.2. The number of aromatic nitrogens is 2. The molecule has 1 aromatic heterocycles. The van der Waals surface area contributed by atoms with Crippen LogP contribution in [0, 0.1) is 15.9 Å². The molecule has 0 aliphatic heterocycles. The van der Waals surface area contributed by atoms with Crippen molar-refractivity contribution in [1.82, 2.24) is 9.97 Å². The molecular weight excluding hydrogens is 371 g/mol. The molecule has 0 unspecified atom stereocenters. The Kier molecular flexibility index (Phi) is 5.25. The Morgan fingerprint density at radius 2 is 1.79 bits per heavy atom. The summed E-state index contributed by atoms with van der Waals surface area (Å²) in [5.74, 6) is -0.455. The van der Waals surface area contributed by atoms with Gasteiger partial charge in [0, 0.05) is 17.1 Å². The minimum absolute atomic E-state index is 0.0551. The number of halogens is 1. The lowest BCUT2D eigenvalue weighted by Crippen LogP contribution is -2.08. The van der Waals surface area contributed by atoms with E-state index in [1.54, 1.807) is 12.1 Å². The molecule has 0 bridgehead atoms. The molecule has 0 atom stereocenters. The number of nitrogens with zero attached hydrogens (tertiary/aromatic N) is 3. The fraction of sp³-hybridized carbons (Fsp3) is 0. The van der Waals surface area contributed by atoms with Crippen LogP contribution in [0.15, 0.2) is 54.7 Å². The van der Waals surface area contributed by atoms with Crippen molar-refractivity contribution in [2.24, 2.45) is 0 Å². The molecular formula is C17H13FN6O4. The zero-order valence-corrected chi connectivity index (χ0v) is 14.1. The number of nitro groups is 1. The van der Waals surface area contributed by atoms with Crippen molar-refractivity contribution >= 4 is 40.6 Å². The van der Waals surface area contributed by atoms with Gasteiger partial charge in [-0.3, -0.25) is 15.4 Å². The largest absolute Gasteiger partial charge is 0.465 e. The van der Waals surface area contributed by atoms with E-state index in [-0.39, 0.29) is 23.1 Å². The van der Waals surface area contributed by atoms with Gasteiger partial charge in [-0.15, -0.1) is 0 Å². The van der Waals surface area contributed by atoms with E-state index in [4.69, 9.17) is 5.11 Å². The molecule has 0 saturated heterocycles. The molecule has 1 heterocycles. The lowest BCUT2D eigenvalue weighted by Gasteiger charge is -2.10. The molecule has 2 aromatic carbocycles. The highest BCUT2D eigenvalue weighted by molar-refractivity contribution is 5.84. The molecule has 10 nitrogen and oxygen atoms in total. The second-order valence-corrected chi connectivity index (χ2v) is 5.45. The van der Waals surface area contributed by atoms with Crippen LogP contribution in [0.3, 0.4) is 0 Å². The topological polar surface area (TPSA) is 142 Å². The Labute approximate surface area is 157 Å². The van der Waals surface area contributed by atoms with Crippen molar-refractivity contribution in [2.45, 2.75) is 0 Å². The summed E-state index contributed by atoms with van der Waals surface area (Å²) >= 11 is 0. The van der Waals surface area contributed by atoms with Crippen LogP contribution in [-0.2, 0) is 0 Å². The summed E-state index contributed by atoms with van der Waals surface area (Å²) in [7, 11) is 0. The summed E-state index contributed by atoms with van der Waals surface area (Å²) in [6.07, 6.45) is -0.212. The quantitative estimate of drug-likeness (QED) is 0.367. The van der Waals surface area contributed by atoms with E-state index in [0.717, 1.165) is 6.20 Å². The number of hydrogen-bond donors (Lipinski definition) is 4. The number of amides is 1. The van der Waals surface area contributed by atoms with Gasteiger partial charge in [-0.25, -0.2) is 14.2 Å². The summed E-state index contributed by atoms with van der Waals surface area (Å²) in [4.78, 5) is 29.3. The summed E-state index contributed by atoms with van der Waals surface area (Å²) in [6.45, 7) is 0. The molecule has 0 saturated carbocycles. The predicted molar refractivity (Wildman–Crippen MR) is 99.7 cm³/mol. The third-order valence-electron chi connectivity index (χ3n) is 3.44. The summed E-state index contributed by atoms with van der Waals surface area (Å²) < 4.78 is 13.0. The first kappa shape index (κ1) is 18.5. The first-order valence-electron chi connectivity index (χ1n) is 7.82. The number of benzene rings is 2. The fourth-order valence-corrected chi connectivity index (χ4v) is 2.26. The minimum atomic E-state index is -1.24. The van der Waals surface area contributed by atoms with Gasteiger partial charge < -0.3 is 15.7 Å². The maximum Gasteiger partial charge on any atom is 0.409 e. The first-order valence-corrected chi connectivity index (χ1v) is 7.82. The van der Waals surface area contributed by atoms with Crippen molar-refractivity contribution in [1.29, 1.82) is 0 Å². The van der Waals surface area contributed by atoms with E-state index in [0.29, 0.717) is 11.4 Å². The standard InChI is InChI=1S/C17H13FN6O4/c18-10-4-6-11(7-5-10)21-16-19-9-14(24(27)28)15(23-16)20-12-2-1-3-13(8-12)22-17(25)26/h1-9,22H,(H,25,26)(H2,19,20,21,23). The van der Waals surface area contributed by atoms with Crippen molar-refractivity contribution < 1.29 is 19.2 Å². The Morgan fingerprint density at radius 1 is 1.07 bits per heavy atom. The van der Waals surface area contributed by atoms with Gasteiger partial charge in [0.15, 0.2) is 0 Å². The van der Waals surface area contributed by atoms with Gasteiger partial charge in [-0.2, -0.15) is 4.98 Å². The van der Waals surface area contributed by atoms with Gasteiger partial charge in [0.25, 0.3) is 0 Å². The van der Waals surface area contributed by atoms with E-state index in [1.165, 1.54) is 36.4 Å². The number of anilines is 5. The molecule has 0 radical (unpaired) electrons. The Bertz CT molecular complexity index is 1030. The van der Waals surface area contributed by atoms with Gasteiger partial charge in [-0.1, -0.05) is 6.07 Å². The molecule has 0 aliphatic rings. The zero-order valence-electron chi connectivity index (χ0n) is 14.1. The van der Waals surface area contributed by atoms with Crippen LogP contribution in [-0.4, -0.2) is 26.1 Å². The lowest BCUT2D eigenvalue weighted by molar-refractivity contribution is -0.384. The van der Waals surface area contributed by atoms with Crippen molar-refractivity contribution in [2.75, 3.05) is 16.0 Å². The van der Waals surface area contributed by atoms with Crippen LogP contribution in [0.2, 0.25) is 0 Å². The molecule has 3 rings (SSSR count). The van der Waals surface area contributed by atoms with Gasteiger partial charge in [-0.05, 0) is 42.5 Å². The van der Waals surface area contributed by atoms with E-state index >= 15 is 0 Å². The van der Waals surface area contributed by atoms with Crippen LogP contribution in [0.5, 0.6) is 0 Å². The third kappa shape index (κ3) is 4.66. The number of nitrogens with one attached hydrogen (secondary N) is 3. The molecule has 3 aromatic rings. The number of hydrogen-bond acceptors (Lipinski definition) is 7. The molecule has 0 fully saturated rings. The summed E-state index contributed by atoms with van der Waals surface area (Å²) in [6, 6.07) is 11.6. The van der Waals surface area contributed by atoms with Crippen molar-refractivity contribution in [3.05, 3.63) is 70.7 Å².